The minimum Gasteiger partial charge on any atom is -0.0817 e. The van der Waals surface area contributed by atoms with Crippen molar-refractivity contribution in [1.82, 2.24) is 0 Å². The Kier molecular flexibility index (Phi) is 2.44. The molecule has 0 atom stereocenters. The van der Waals surface area contributed by atoms with Crippen LogP contribution in [-0.2, 0) is 0 Å². The van der Waals surface area contributed by atoms with Gasteiger partial charge < -0.3 is 0 Å². The van der Waals surface area contributed by atoms with Gasteiger partial charge in [0, 0.05) is 0 Å². The Bertz CT molecular complexity index is 144. The van der Waals surface area contributed by atoms with Gasteiger partial charge in [0.05, 0.1) is 0 Å². The highest BCUT2D eigenvalue weighted by molar-refractivity contribution is 6.64. The summed E-state index contributed by atoms with van der Waals surface area (Å²) >= 11 is -0.256. The lowest BCUT2D eigenvalue weighted by Gasteiger charge is -2.46. The Hall–Kier alpha value is 0.532. The Morgan fingerprint density at radius 3 is 1.15 bits per heavy atom. The lowest BCUT2D eigenvalue weighted by molar-refractivity contribution is 0.400. The maximum atomic E-state index is 1.64. The standard InChI is InChI=1S/C12H21.Al/c1-2-4-6-8-10-12-11-9-7-5-3-1;/h1,8-9H,2-7,10-12H2;. The van der Waals surface area contributed by atoms with Crippen LogP contribution in [0.4, 0.5) is 0 Å². The summed E-state index contributed by atoms with van der Waals surface area (Å²) in [5, 5.41) is 0. The van der Waals surface area contributed by atoms with Crippen molar-refractivity contribution < 1.29 is 0 Å². The molecule has 3 fully saturated rings. The molecular formula is C12H21Al. The summed E-state index contributed by atoms with van der Waals surface area (Å²) < 4.78 is 3.91. The number of rotatable bonds is 0. The molecule has 0 aromatic heterocycles. The quantitative estimate of drug-likeness (QED) is 0.506. The third-order valence-electron chi connectivity index (χ3n) is 5.08. The minimum absolute atomic E-state index is 0.256. The molecule has 0 saturated carbocycles. The molecular weight excluding hydrogens is 171 g/mol. The van der Waals surface area contributed by atoms with Crippen molar-refractivity contribution >= 4 is 14.1 Å². The van der Waals surface area contributed by atoms with Gasteiger partial charge in [-0.05, 0) is 0 Å². The van der Waals surface area contributed by atoms with E-state index in [-0.39, 0.29) is 14.1 Å². The van der Waals surface area contributed by atoms with E-state index in [1.165, 1.54) is 14.3 Å². The molecule has 0 spiro atoms. The summed E-state index contributed by atoms with van der Waals surface area (Å²) in [4.78, 5) is 0. The molecule has 0 aromatic carbocycles. The van der Waals surface area contributed by atoms with E-state index >= 15 is 0 Å². The van der Waals surface area contributed by atoms with E-state index in [0.717, 1.165) is 0 Å². The molecule has 3 rings (SSSR count). The number of hydrogen-bond donors (Lipinski definition) is 0. The van der Waals surface area contributed by atoms with Gasteiger partial charge in [0.15, 0.2) is 0 Å². The van der Waals surface area contributed by atoms with Gasteiger partial charge in [0.2, 0.25) is 0 Å². The van der Waals surface area contributed by atoms with Crippen molar-refractivity contribution in [3.8, 4) is 0 Å². The monoisotopic (exact) mass is 192 g/mol. The maximum Gasteiger partial charge on any atom is 0.272 e. The highest BCUT2D eigenvalue weighted by Gasteiger charge is 2.46. The summed E-state index contributed by atoms with van der Waals surface area (Å²) in [5.74, 6) is 0. The predicted molar refractivity (Wildman–Crippen MR) is 58.6 cm³/mol. The second kappa shape index (κ2) is 3.59. The van der Waals surface area contributed by atoms with Gasteiger partial charge in [-0.15, -0.1) is 0 Å². The van der Waals surface area contributed by atoms with Crippen LogP contribution < -0.4 is 0 Å². The zero-order valence-electron chi connectivity index (χ0n) is 8.67. The molecule has 0 N–H and O–H groups in total. The van der Waals surface area contributed by atoms with Crippen molar-refractivity contribution in [3.05, 3.63) is 0 Å². The van der Waals surface area contributed by atoms with Crippen molar-refractivity contribution in [3.63, 3.8) is 0 Å². The van der Waals surface area contributed by atoms with Crippen LogP contribution in [0.3, 0.4) is 0 Å². The molecule has 3 aliphatic rings. The average Bonchev–Trinajstić information content (AvgIpc) is 2.19. The van der Waals surface area contributed by atoms with Crippen LogP contribution in [0.2, 0.25) is 14.3 Å². The van der Waals surface area contributed by atoms with Crippen LogP contribution in [0.15, 0.2) is 0 Å². The first-order valence-electron chi connectivity index (χ1n) is 6.45. The lowest BCUT2D eigenvalue weighted by Crippen LogP contribution is -2.40. The molecule has 3 saturated heterocycles. The summed E-state index contributed by atoms with van der Waals surface area (Å²) in [7, 11) is 0. The van der Waals surface area contributed by atoms with Crippen molar-refractivity contribution in [2.45, 2.75) is 72.1 Å². The van der Waals surface area contributed by atoms with Crippen molar-refractivity contribution in [1.29, 1.82) is 0 Å². The first kappa shape index (κ1) is 8.81. The topological polar surface area (TPSA) is 0 Å². The van der Waals surface area contributed by atoms with E-state index in [9.17, 15) is 0 Å². The molecule has 0 nitrogen and oxygen atoms in total. The molecule has 1 heteroatoms. The van der Waals surface area contributed by atoms with Crippen LogP contribution in [0.1, 0.15) is 57.8 Å². The fourth-order valence-corrected chi connectivity index (χ4v) is 10.7. The Morgan fingerprint density at radius 1 is 0.538 bits per heavy atom. The third kappa shape index (κ3) is 1.49. The van der Waals surface area contributed by atoms with Crippen molar-refractivity contribution in [2.75, 3.05) is 0 Å². The first-order chi connectivity index (χ1) is 6.45. The van der Waals surface area contributed by atoms with Crippen LogP contribution in [0, 0.1) is 0 Å². The third-order valence-corrected chi connectivity index (χ3v) is 10.3. The van der Waals surface area contributed by atoms with Crippen LogP contribution in [0.5, 0.6) is 0 Å². The van der Waals surface area contributed by atoms with E-state index in [1.54, 1.807) is 57.8 Å². The Labute approximate surface area is 86.5 Å². The van der Waals surface area contributed by atoms with Crippen LogP contribution in [0.25, 0.3) is 0 Å². The molecule has 0 aromatic rings. The van der Waals surface area contributed by atoms with E-state index < -0.39 is 0 Å². The largest absolute Gasteiger partial charge is 0.272 e. The Balaban J connectivity index is 1.82. The Morgan fingerprint density at radius 2 is 0.846 bits per heavy atom. The fourth-order valence-electron chi connectivity index (χ4n) is 4.67. The summed E-state index contributed by atoms with van der Waals surface area (Å²) in [6, 6.07) is 0. The SMILES string of the molecule is C1C[CH]2CCC[CH]3CCC[CH](C1)[Al]23. The highest BCUT2D eigenvalue weighted by Crippen LogP contribution is 2.54. The first-order valence-corrected chi connectivity index (χ1v) is 8.45. The zero-order valence-corrected chi connectivity index (χ0v) is 9.83. The maximum absolute atomic E-state index is 1.64. The zero-order chi connectivity index (χ0) is 8.67. The van der Waals surface area contributed by atoms with E-state index in [0.29, 0.717) is 0 Å². The molecule has 3 heterocycles. The highest BCUT2D eigenvalue weighted by atomic mass is 27.2. The molecule has 0 bridgehead atoms. The van der Waals surface area contributed by atoms with Gasteiger partial charge in [-0.3, -0.25) is 0 Å². The molecule has 0 amide bonds. The molecule has 0 unspecified atom stereocenters. The average molecular weight is 192 g/mol. The fraction of sp³-hybridized carbons (Fsp3) is 1.00. The molecule has 0 aliphatic carbocycles. The molecule has 0 radical (unpaired) electrons. The van der Waals surface area contributed by atoms with Crippen LogP contribution >= 0.6 is 0 Å². The molecule has 13 heavy (non-hydrogen) atoms. The van der Waals surface area contributed by atoms with E-state index in [4.69, 9.17) is 0 Å². The predicted octanol–water partition coefficient (Wildman–Crippen LogP) is 4.14. The number of hydrogen-bond acceptors (Lipinski definition) is 0. The summed E-state index contributed by atoms with van der Waals surface area (Å²) in [6.07, 6.45) is 14.6. The second-order valence-electron chi connectivity index (χ2n) is 5.65. The smallest absolute Gasteiger partial charge is 0.0817 e. The van der Waals surface area contributed by atoms with Gasteiger partial charge in [0.1, 0.15) is 0 Å². The summed E-state index contributed by atoms with van der Waals surface area (Å²) in [5.41, 5.74) is 0. The molecule has 3 aliphatic heterocycles. The van der Waals surface area contributed by atoms with Gasteiger partial charge in [-0.25, -0.2) is 0 Å². The van der Waals surface area contributed by atoms with Gasteiger partial charge >= 0.3 is 0 Å². The van der Waals surface area contributed by atoms with E-state index in [2.05, 4.69) is 0 Å². The van der Waals surface area contributed by atoms with E-state index in [1.807, 2.05) is 0 Å². The normalized spacial score (nSPS) is 44.3. The minimum atomic E-state index is -0.256. The van der Waals surface area contributed by atoms with Crippen molar-refractivity contribution in [2.24, 2.45) is 0 Å². The lowest BCUT2D eigenvalue weighted by atomic mass is 9.97. The molecule has 72 valence electrons. The van der Waals surface area contributed by atoms with Gasteiger partial charge in [-0.2, -0.15) is 0 Å². The second-order valence-corrected chi connectivity index (χ2v) is 9.63. The summed E-state index contributed by atoms with van der Waals surface area (Å²) in [6.45, 7) is 0. The van der Waals surface area contributed by atoms with Crippen LogP contribution in [-0.4, -0.2) is 14.1 Å². The van der Waals surface area contributed by atoms with Gasteiger partial charge in [-0.1, -0.05) is 72.1 Å². The van der Waals surface area contributed by atoms with Gasteiger partial charge in [0.25, 0.3) is 14.1 Å².